The third-order valence-corrected chi connectivity index (χ3v) is 2.15. The van der Waals surface area contributed by atoms with Gasteiger partial charge < -0.3 is 4.74 Å². The van der Waals surface area contributed by atoms with Crippen molar-refractivity contribution in [1.29, 1.82) is 0 Å². The molecule has 0 radical (unpaired) electrons. The molecule has 2 nitrogen and oxygen atoms in total. The summed E-state index contributed by atoms with van der Waals surface area (Å²) in [5.41, 5.74) is 1.34. The monoisotopic (exact) mass is 151 g/mol. The van der Waals surface area contributed by atoms with Gasteiger partial charge in [-0.3, -0.25) is 0 Å². The molecule has 1 aliphatic heterocycles. The van der Waals surface area contributed by atoms with Gasteiger partial charge in [0.2, 0.25) is 5.90 Å². The molecule has 0 bridgehead atoms. The highest BCUT2D eigenvalue weighted by Crippen LogP contribution is 2.20. The Morgan fingerprint density at radius 2 is 2.36 bits per heavy atom. The third-order valence-electron chi connectivity index (χ3n) is 2.15. The quantitative estimate of drug-likeness (QED) is 0.561. The van der Waals surface area contributed by atoms with Crippen molar-refractivity contribution in [2.75, 3.05) is 13.2 Å². The van der Waals surface area contributed by atoms with Crippen LogP contribution in [0.4, 0.5) is 0 Å². The summed E-state index contributed by atoms with van der Waals surface area (Å²) >= 11 is 0. The zero-order valence-electron chi connectivity index (χ0n) is 6.68. The van der Waals surface area contributed by atoms with Gasteiger partial charge in [0.1, 0.15) is 6.61 Å². The summed E-state index contributed by atoms with van der Waals surface area (Å²) in [5.74, 6) is 0.921. The van der Waals surface area contributed by atoms with E-state index in [2.05, 4.69) is 11.1 Å². The van der Waals surface area contributed by atoms with Gasteiger partial charge in [-0.1, -0.05) is 6.08 Å². The summed E-state index contributed by atoms with van der Waals surface area (Å²) in [6.45, 7) is 1.64. The van der Waals surface area contributed by atoms with Crippen LogP contribution in [0.2, 0.25) is 0 Å². The lowest BCUT2D eigenvalue weighted by atomic mass is 10.00. The molecule has 0 saturated heterocycles. The Morgan fingerprint density at radius 1 is 1.36 bits per heavy atom. The molecule has 0 aromatic heterocycles. The fourth-order valence-electron chi connectivity index (χ4n) is 1.56. The maximum absolute atomic E-state index is 5.37. The summed E-state index contributed by atoms with van der Waals surface area (Å²) in [5, 5.41) is 0. The predicted molar refractivity (Wildman–Crippen MR) is 44.8 cm³/mol. The second kappa shape index (κ2) is 3.07. The van der Waals surface area contributed by atoms with Crippen molar-refractivity contribution in [3.8, 4) is 0 Å². The molecule has 2 heteroatoms. The maximum Gasteiger partial charge on any atom is 0.211 e. The second-order valence-electron chi connectivity index (χ2n) is 3.01. The van der Waals surface area contributed by atoms with Crippen molar-refractivity contribution in [3.63, 3.8) is 0 Å². The highest BCUT2D eigenvalue weighted by molar-refractivity contribution is 5.94. The van der Waals surface area contributed by atoms with Gasteiger partial charge in [0.15, 0.2) is 0 Å². The average molecular weight is 151 g/mol. The van der Waals surface area contributed by atoms with Crippen LogP contribution in [0.15, 0.2) is 16.6 Å². The van der Waals surface area contributed by atoms with Crippen molar-refractivity contribution in [2.24, 2.45) is 4.99 Å². The molecule has 0 aromatic carbocycles. The number of aliphatic imine (C=N–C) groups is 1. The molecule has 2 aliphatic rings. The molecule has 0 aromatic rings. The summed E-state index contributed by atoms with van der Waals surface area (Å²) in [6.07, 6.45) is 7.27. The number of hydrogen-bond acceptors (Lipinski definition) is 2. The first-order valence-electron chi connectivity index (χ1n) is 4.33. The summed E-state index contributed by atoms with van der Waals surface area (Å²) in [4.78, 5) is 4.29. The SMILES string of the molecule is C1=C(C2=NCCO2)CCCC1. The number of allylic oxidation sites excluding steroid dienone is 1. The Balaban J connectivity index is 2.07. The van der Waals surface area contributed by atoms with E-state index in [-0.39, 0.29) is 0 Å². The van der Waals surface area contributed by atoms with Crippen molar-refractivity contribution in [3.05, 3.63) is 11.6 Å². The third kappa shape index (κ3) is 1.44. The van der Waals surface area contributed by atoms with Crippen LogP contribution in [0.1, 0.15) is 25.7 Å². The summed E-state index contributed by atoms with van der Waals surface area (Å²) in [6, 6.07) is 0. The highest BCUT2D eigenvalue weighted by atomic mass is 16.5. The van der Waals surface area contributed by atoms with E-state index in [4.69, 9.17) is 4.74 Å². The predicted octanol–water partition coefficient (Wildman–Crippen LogP) is 1.92. The van der Waals surface area contributed by atoms with E-state index in [9.17, 15) is 0 Å². The fourth-order valence-corrected chi connectivity index (χ4v) is 1.56. The van der Waals surface area contributed by atoms with E-state index in [0.717, 1.165) is 19.0 Å². The minimum absolute atomic E-state index is 0.784. The van der Waals surface area contributed by atoms with E-state index in [0.29, 0.717) is 0 Å². The first-order chi connectivity index (χ1) is 5.47. The highest BCUT2D eigenvalue weighted by Gasteiger charge is 2.14. The van der Waals surface area contributed by atoms with Crippen molar-refractivity contribution >= 4 is 5.90 Å². The topological polar surface area (TPSA) is 21.6 Å². The van der Waals surface area contributed by atoms with E-state index in [1.165, 1.54) is 31.3 Å². The molecule has 0 fully saturated rings. The lowest BCUT2D eigenvalue weighted by Gasteiger charge is -2.11. The zero-order chi connectivity index (χ0) is 7.52. The molecule has 2 rings (SSSR count). The van der Waals surface area contributed by atoms with Crippen LogP contribution in [-0.2, 0) is 4.74 Å². The number of rotatable bonds is 1. The first-order valence-corrected chi connectivity index (χ1v) is 4.33. The van der Waals surface area contributed by atoms with E-state index < -0.39 is 0 Å². The maximum atomic E-state index is 5.37. The largest absolute Gasteiger partial charge is 0.476 e. The van der Waals surface area contributed by atoms with Crippen LogP contribution in [0.25, 0.3) is 0 Å². The molecule has 1 aliphatic carbocycles. The number of nitrogens with zero attached hydrogens (tertiary/aromatic N) is 1. The standard InChI is InChI=1S/C9H13NO/c1-2-4-8(5-3-1)9-10-6-7-11-9/h4H,1-3,5-7H2. The van der Waals surface area contributed by atoms with Crippen LogP contribution < -0.4 is 0 Å². The molecule has 11 heavy (non-hydrogen) atoms. The zero-order valence-corrected chi connectivity index (χ0v) is 6.68. The molecule has 0 saturated carbocycles. The molecule has 0 atom stereocenters. The fraction of sp³-hybridized carbons (Fsp3) is 0.667. The van der Waals surface area contributed by atoms with Crippen LogP contribution >= 0.6 is 0 Å². The minimum Gasteiger partial charge on any atom is -0.476 e. The van der Waals surface area contributed by atoms with Crippen LogP contribution in [0.5, 0.6) is 0 Å². The van der Waals surface area contributed by atoms with E-state index in [1.54, 1.807) is 0 Å². The Bertz CT molecular complexity index is 206. The normalized spacial score (nSPS) is 24.0. The molecular formula is C9H13NO. The van der Waals surface area contributed by atoms with E-state index >= 15 is 0 Å². The summed E-state index contributed by atoms with van der Waals surface area (Å²) in [7, 11) is 0. The average Bonchev–Trinajstić information content (AvgIpc) is 2.58. The van der Waals surface area contributed by atoms with Gasteiger partial charge in [0.05, 0.1) is 6.54 Å². The van der Waals surface area contributed by atoms with E-state index in [1.807, 2.05) is 0 Å². The molecule has 0 spiro atoms. The first kappa shape index (κ1) is 6.89. The lowest BCUT2D eigenvalue weighted by Crippen LogP contribution is -2.05. The molecule has 0 N–H and O–H groups in total. The summed E-state index contributed by atoms with van der Waals surface area (Å²) < 4.78 is 5.37. The smallest absolute Gasteiger partial charge is 0.211 e. The molecular weight excluding hydrogens is 138 g/mol. The van der Waals surface area contributed by atoms with Gasteiger partial charge >= 0.3 is 0 Å². The van der Waals surface area contributed by atoms with Gasteiger partial charge in [-0.2, -0.15) is 0 Å². The Hall–Kier alpha value is -0.790. The number of hydrogen-bond donors (Lipinski definition) is 0. The van der Waals surface area contributed by atoms with Gasteiger partial charge in [0, 0.05) is 5.57 Å². The molecule has 1 heterocycles. The van der Waals surface area contributed by atoms with Crippen LogP contribution in [0.3, 0.4) is 0 Å². The van der Waals surface area contributed by atoms with Gasteiger partial charge in [-0.05, 0) is 25.7 Å². The van der Waals surface area contributed by atoms with Gasteiger partial charge in [-0.25, -0.2) is 4.99 Å². The Morgan fingerprint density at radius 3 is 3.00 bits per heavy atom. The Labute approximate surface area is 67.0 Å². The van der Waals surface area contributed by atoms with Crippen LogP contribution in [-0.4, -0.2) is 19.0 Å². The van der Waals surface area contributed by atoms with Gasteiger partial charge in [0.25, 0.3) is 0 Å². The molecule has 0 unspecified atom stereocenters. The number of ether oxygens (including phenoxy) is 1. The van der Waals surface area contributed by atoms with Crippen molar-refractivity contribution in [1.82, 2.24) is 0 Å². The lowest BCUT2D eigenvalue weighted by molar-refractivity contribution is 0.345. The van der Waals surface area contributed by atoms with Crippen molar-refractivity contribution in [2.45, 2.75) is 25.7 Å². The molecule has 60 valence electrons. The molecule has 0 amide bonds. The Kier molecular flexibility index (Phi) is 1.93. The minimum atomic E-state index is 0.784. The van der Waals surface area contributed by atoms with Crippen molar-refractivity contribution < 1.29 is 4.74 Å². The second-order valence-corrected chi connectivity index (χ2v) is 3.01. The van der Waals surface area contributed by atoms with Crippen LogP contribution in [0, 0.1) is 0 Å². The van der Waals surface area contributed by atoms with Gasteiger partial charge in [-0.15, -0.1) is 0 Å².